The van der Waals surface area contributed by atoms with E-state index in [4.69, 9.17) is 4.74 Å². The molecular formula is C16H22N2O3. The van der Waals surface area contributed by atoms with Crippen molar-refractivity contribution in [2.24, 2.45) is 5.92 Å². The fourth-order valence-electron chi connectivity index (χ4n) is 2.49. The standard InChI is InChI=1S/C16H22N2O3/c1-11-5-3-6-12(2)15(11)18-14(19)10-21-16(20)13-7-4-8-17-9-13/h3,5-6,13,17H,4,7-10H2,1-2H3,(H,18,19). The van der Waals surface area contributed by atoms with Crippen LogP contribution in [0.1, 0.15) is 24.0 Å². The number of hydrogen-bond acceptors (Lipinski definition) is 4. The Kier molecular flexibility index (Phi) is 5.33. The fourth-order valence-corrected chi connectivity index (χ4v) is 2.49. The maximum atomic E-state index is 11.9. The molecule has 5 heteroatoms. The van der Waals surface area contributed by atoms with Crippen molar-refractivity contribution < 1.29 is 14.3 Å². The van der Waals surface area contributed by atoms with Crippen LogP contribution in [-0.2, 0) is 14.3 Å². The second-order valence-electron chi connectivity index (χ2n) is 5.47. The van der Waals surface area contributed by atoms with Crippen LogP contribution in [0.4, 0.5) is 5.69 Å². The lowest BCUT2D eigenvalue weighted by molar-refractivity contribution is -0.152. The van der Waals surface area contributed by atoms with Gasteiger partial charge in [-0.15, -0.1) is 0 Å². The largest absolute Gasteiger partial charge is 0.455 e. The highest BCUT2D eigenvalue weighted by Crippen LogP contribution is 2.19. The molecule has 1 aromatic carbocycles. The van der Waals surface area contributed by atoms with Gasteiger partial charge in [-0.1, -0.05) is 18.2 Å². The number of para-hydroxylation sites is 1. The minimum atomic E-state index is -0.301. The van der Waals surface area contributed by atoms with E-state index in [2.05, 4.69) is 10.6 Å². The zero-order chi connectivity index (χ0) is 15.2. The van der Waals surface area contributed by atoms with Crippen LogP contribution >= 0.6 is 0 Å². The van der Waals surface area contributed by atoms with Crippen molar-refractivity contribution in [1.82, 2.24) is 5.32 Å². The third-order valence-electron chi connectivity index (χ3n) is 3.72. The molecule has 1 fully saturated rings. The van der Waals surface area contributed by atoms with Gasteiger partial charge in [0.2, 0.25) is 0 Å². The van der Waals surface area contributed by atoms with Crippen molar-refractivity contribution in [2.45, 2.75) is 26.7 Å². The number of aryl methyl sites for hydroxylation is 2. The maximum Gasteiger partial charge on any atom is 0.310 e. The first-order valence-electron chi connectivity index (χ1n) is 7.31. The summed E-state index contributed by atoms with van der Waals surface area (Å²) in [6.45, 7) is 5.21. The monoisotopic (exact) mass is 290 g/mol. The van der Waals surface area contributed by atoms with Gasteiger partial charge in [0, 0.05) is 12.2 Å². The molecule has 2 rings (SSSR count). The quantitative estimate of drug-likeness (QED) is 0.830. The Balaban J connectivity index is 1.83. The molecule has 0 spiro atoms. The zero-order valence-electron chi connectivity index (χ0n) is 12.6. The first-order valence-corrected chi connectivity index (χ1v) is 7.31. The van der Waals surface area contributed by atoms with Gasteiger partial charge in [-0.2, -0.15) is 0 Å². The Morgan fingerprint density at radius 1 is 1.33 bits per heavy atom. The average Bonchev–Trinajstić information content (AvgIpc) is 2.49. The second kappa shape index (κ2) is 7.22. The van der Waals surface area contributed by atoms with Gasteiger partial charge < -0.3 is 15.4 Å². The molecule has 1 aromatic rings. The van der Waals surface area contributed by atoms with E-state index in [1.165, 1.54) is 0 Å². The topological polar surface area (TPSA) is 67.4 Å². The number of rotatable bonds is 4. The number of amides is 1. The van der Waals surface area contributed by atoms with Crippen LogP contribution in [0.2, 0.25) is 0 Å². The van der Waals surface area contributed by atoms with Gasteiger partial charge in [0.15, 0.2) is 6.61 Å². The van der Waals surface area contributed by atoms with E-state index >= 15 is 0 Å². The Morgan fingerprint density at radius 2 is 2.05 bits per heavy atom. The number of nitrogens with one attached hydrogen (secondary N) is 2. The number of anilines is 1. The second-order valence-corrected chi connectivity index (χ2v) is 5.47. The van der Waals surface area contributed by atoms with Gasteiger partial charge in [-0.05, 0) is 44.4 Å². The van der Waals surface area contributed by atoms with Crippen molar-refractivity contribution in [1.29, 1.82) is 0 Å². The molecule has 1 aliphatic heterocycles. The van der Waals surface area contributed by atoms with Crippen LogP contribution in [0.5, 0.6) is 0 Å². The van der Waals surface area contributed by atoms with Crippen molar-refractivity contribution in [3.8, 4) is 0 Å². The minimum absolute atomic E-state index is 0.133. The minimum Gasteiger partial charge on any atom is -0.455 e. The maximum absolute atomic E-state index is 11.9. The average molecular weight is 290 g/mol. The summed E-state index contributed by atoms with van der Waals surface area (Å²) in [7, 11) is 0. The summed E-state index contributed by atoms with van der Waals surface area (Å²) in [5, 5.41) is 5.96. The molecule has 0 saturated carbocycles. The van der Waals surface area contributed by atoms with Gasteiger partial charge in [0.05, 0.1) is 5.92 Å². The molecular weight excluding hydrogens is 268 g/mol. The van der Waals surface area contributed by atoms with E-state index < -0.39 is 0 Å². The first kappa shape index (κ1) is 15.5. The first-order chi connectivity index (χ1) is 10.1. The molecule has 0 bridgehead atoms. The molecule has 1 saturated heterocycles. The zero-order valence-corrected chi connectivity index (χ0v) is 12.6. The van der Waals surface area contributed by atoms with E-state index in [1.807, 2.05) is 32.0 Å². The molecule has 2 N–H and O–H groups in total. The SMILES string of the molecule is Cc1cccc(C)c1NC(=O)COC(=O)C1CCCNC1. The molecule has 1 heterocycles. The predicted octanol–water partition coefficient (Wildman–Crippen LogP) is 1.78. The summed E-state index contributed by atoms with van der Waals surface area (Å²) in [5.41, 5.74) is 2.77. The van der Waals surface area contributed by atoms with Gasteiger partial charge in [0.1, 0.15) is 0 Å². The lowest BCUT2D eigenvalue weighted by Gasteiger charge is -2.21. The van der Waals surface area contributed by atoms with E-state index in [9.17, 15) is 9.59 Å². The van der Waals surface area contributed by atoms with Gasteiger partial charge in [-0.25, -0.2) is 0 Å². The summed E-state index contributed by atoms with van der Waals surface area (Å²) in [5.74, 6) is -0.727. The van der Waals surface area contributed by atoms with Crippen molar-refractivity contribution >= 4 is 17.6 Å². The van der Waals surface area contributed by atoms with E-state index in [0.717, 1.165) is 36.2 Å². The van der Waals surface area contributed by atoms with Crippen molar-refractivity contribution in [2.75, 3.05) is 25.0 Å². The fraction of sp³-hybridized carbons (Fsp3) is 0.500. The molecule has 21 heavy (non-hydrogen) atoms. The Morgan fingerprint density at radius 3 is 2.67 bits per heavy atom. The highest BCUT2D eigenvalue weighted by molar-refractivity contribution is 5.94. The number of hydrogen-bond donors (Lipinski definition) is 2. The van der Waals surface area contributed by atoms with Crippen LogP contribution in [-0.4, -0.2) is 31.6 Å². The lowest BCUT2D eigenvalue weighted by Crippen LogP contribution is -2.36. The number of benzene rings is 1. The third-order valence-corrected chi connectivity index (χ3v) is 3.72. The van der Waals surface area contributed by atoms with Crippen LogP contribution in [0.3, 0.4) is 0 Å². The summed E-state index contributed by atoms with van der Waals surface area (Å²) in [6, 6.07) is 5.81. The van der Waals surface area contributed by atoms with Gasteiger partial charge >= 0.3 is 5.97 Å². The number of esters is 1. The molecule has 0 aliphatic carbocycles. The number of ether oxygens (including phenoxy) is 1. The Hall–Kier alpha value is -1.88. The summed E-state index contributed by atoms with van der Waals surface area (Å²) < 4.78 is 5.10. The third kappa shape index (κ3) is 4.29. The van der Waals surface area contributed by atoms with E-state index in [0.29, 0.717) is 6.54 Å². The Bertz CT molecular complexity index is 502. The summed E-state index contributed by atoms with van der Waals surface area (Å²) in [4.78, 5) is 23.7. The number of carbonyl (C=O) groups excluding carboxylic acids is 2. The van der Waals surface area contributed by atoms with E-state index in [-0.39, 0.29) is 24.4 Å². The highest BCUT2D eigenvalue weighted by Gasteiger charge is 2.23. The Labute approximate surface area is 125 Å². The summed E-state index contributed by atoms with van der Waals surface area (Å²) >= 11 is 0. The predicted molar refractivity (Wildman–Crippen MR) is 81.1 cm³/mol. The number of piperidine rings is 1. The van der Waals surface area contributed by atoms with Gasteiger partial charge in [0.25, 0.3) is 5.91 Å². The normalized spacial score (nSPS) is 18.1. The molecule has 1 aliphatic rings. The molecule has 1 amide bonds. The molecule has 0 radical (unpaired) electrons. The van der Waals surface area contributed by atoms with Crippen LogP contribution < -0.4 is 10.6 Å². The molecule has 1 atom stereocenters. The molecule has 0 aromatic heterocycles. The molecule has 5 nitrogen and oxygen atoms in total. The van der Waals surface area contributed by atoms with E-state index in [1.54, 1.807) is 0 Å². The number of carbonyl (C=O) groups is 2. The van der Waals surface area contributed by atoms with Crippen molar-refractivity contribution in [3.63, 3.8) is 0 Å². The smallest absolute Gasteiger partial charge is 0.310 e. The summed E-state index contributed by atoms with van der Waals surface area (Å²) in [6.07, 6.45) is 1.79. The van der Waals surface area contributed by atoms with Crippen molar-refractivity contribution in [3.05, 3.63) is 29.3 Å². The van der Waals surface area contributed by atoms with Crippen LogP contribution in [0.15, 0.2) is 18.2 Å². The lowest BCUT2D eigenvalue weighted by atomic mass is 10.0. The van der Waals surface area contributed by atoms with Crippen LogP contribution in [0.25, 0.3) is 0 Å². The molecule has 1 unspecified atom stereocenters. The van der Waals surface area contributed by atoms with Gasteiger partial charge in [-0.3, -0.25) is 9.59 Å². The van der Waals surface area contributed by atoms with Crippen LogP contribution in [0, 0.1) is 19.8 Å². The highest BCUT2D eigenvalue weighted by atomic mass is 16.5. The molecule has 114 valence electrons.